The van der Waals surface area contributed by atoms with E-state index in [-0.39, 0.29) is 18.0 Å². The van der Waals surface area contributed by atoms with E-state index in [2.05, 4.69) is 25.5 Å². The van der Waals surface area contributed by atoms with Gasteiger partial charge in [-0.15, -0.1) is 0 Å². The van der Waals surface area contributed by atoms with Crippen molar-refractivity contribution < 1.29 is 19.1 Å². The van der Waals surface area contributed by atoms with Crippen LogP contribution >= 0.6 is 0 Å². The third kappa shape index (κ3) is 5.93. The summed E-state index contributed by atoms with van der Waals surface area (Å²) in [4.78, 5) is 40.0. The topological polar surface area (TPSA) is 113 Å². The van der Waals surface area contributed by atoms with Crippen LogP contribution in [0.4, 0.5) is 10.5 Å². The molecule has 2 aromatic carbocycles. The number of methoxy groups -OCH3 is 1. The van der Waals surface area contributed by atoms with Crippen molar-refractivity contribution in [3.05, 3.63) is 96.0 Å². The maximum absolute atomic E-state index is 13.6. The molecule has 5 heterocycles. The number of piperidine rings is 1. The second-order valence-electron chi connectivity index (χ2n) is 11.3. The molecular weight excluding hydrogens is 570 g/mol. The van der Waals surface area contributed by atoms with Gasteiger partial charge in [0.15, 0.2) is 0 Å². The summed E-state index contributed by atoms with van der Waals surface area (Å²) in [5.41, 5.74) is 4.74. The minimum atomic E-state index is -0.212. The Labute approximate surface area is 261 Å². The van der Waals surface area contributed by atoms with E-state index >= 15 is 0 Å². The van der Waals surface area contributed by atoms with Crippen LogP contribution < -0.4 is 20.1 Å². The van der Waals surface area contributed by atoms with E-state index in [1.807, 2.05) is 71.6 Å². The van der Waals surface area contributed by atoms with Crippen molar-refractivity contribution in [3.63, 3.8) is 0 Å². The van der Waals surface area contributed by atoms with Crippen LogP contribution in [0, 0.1) is 0 Å². The lowest BCUT2D eigenvalue weighted by molar-refractivity contribution is 0.0994. The summed E-state index contributed by atoms with van der Waals surface area (Å²) in [6.07, 6.45) is 5.98. The zero-order chi connectivity index (χ0) is 30.8. The quantitative estimate of drug-likeness (QED) is 0.315. The zero-order valence-corrected chi connectivity index (χ0v) is 25.1. The number of nitrogens with one attached hydrogen (secondary N) is 2. The summed E-state index contributed by atoms with van der Waals surface area (Å²) in [6.45, 7) is 2.92. The number of allylic oxidation sites excluding steroid dienone is 1. The number of urea groups is 1. The third-order valence-corrected chi connectivity index (χ3v) is 8.65. The second kappa shape index (κ2) is 12.4. The van der Waals surface area contributed by atoms with Crippen molar-refractivity contribution in [1.82, 2.24) is 24.7 Å². The van der Waals surface area contributed by atoms with Gasteiger partial charge in [-0.1, -0.05) is 30.3 Å². The van der Waals surface area contributed by atoms with Gasteiger partial charge in [-0.3, -0.25) is 14.4 Å². The number of carbonyl (C=O) groups is 2. The molecule has 0 aliphatic carbocycles. The molecule has 45 heavy (non-hydrogen) atoms. The van der Waals surface area contributed by atoms with Crippen molar-refractivity contribution in [3.8, 4) is 11.6 Å². The number of anilines is 1. The molecule has 1 saturated heterocycles. The van der Waals surface area contributed by atoms with Crippen LogP contribution in [0.1, 0.15) is 28.8 Å². The van der Waals surface area contributed by atoms with E-state index in [0.717, 1.165) is 60.7 Å². The van der Waals surface area contributed by atoms with Gasteiger partial charge in [0.25, 0.3) is 5.91 Å². The molecule has 2 amide bonds. The monoisotopic (exact) mass is 605 g/mol. The van der Waals surface area contributed by atoms with Gasteiger partial charge in [0.1, 0.15) is 30.6 Å². The second-order valence-corrected chi connectivity index (χ2v) is 11.3. The minimum Gasteiger partial charge on any atom is -0.497 e. The molecule has 2 N–H and O–H groups in total. The van der Waals surface area contributed by atoms with Crippen molar-refractivity contribution in [2.75, 3.05) is 38.7 Å². The predicted octanol–water partition coefficient (Wildman–Crippen LogP) is 4.66. The fourth-order valence-corrected chi connectivity index (χ4v) is 6.20. The third-order valence-electron chi connectivity index (χ3n) is 8.65. The lowest BCUT2D eigenvalue weighted by Crippen LogP contribution is -2.50. The summed E-state index contributed by atoms with van der Waals surface area (Å²) in [6, 6.07) is 21.2. The first-order valence-corrected chi connectivity index (χ1v) is 15.2. The first-order chi connectivity index (χ1) is 22.1. The van der Waals surface area contributed by atoms with Gasteiger partial charge in [-0.2, -0.15) is 0 Å². The highest BCUT2D eigenvalue weighted by Crippen LogP contribution is 2.28. The molecule has 11 nitrogen and oxygen atoms in total. The van der Waals surface area contributed by atoms with E-state index in [9.17, 15) is 9.59 Å². The Morgan fingerprint density at radius 2 is 1.87 bits per heavy atom. The number of aromatic nitrogens is 2. The number of hydrogen-bond donors (Lipinski definition) is 2. The zero-order valence-electron chi connectivity index (χ0n) is 25.1. The number of rotatable bonds is 7. The van der Waals surface area contributed by atoms with Gasteiger partial charge < -0.3 is 29.9 Å². The number of amides is 2. The van der Waals surface area contributed by atoms with Gasteiger partial charge in [-0.05, 0) is 60.7 Å². The van der Waals surface area contributed by atoms with Crippen molar-refractivity contribution in [2.24, 2.45) is 4.99 Å². The molecule has 0 saturated carbocycles. The minimum absolute atomic E-state index is 0.0595. The molecule has 0 unspecified atom stereocenters. The van der Waals surface area contributed by atoms with E-state index in [4.69, 9.17) is 9.47 Å². The Kier molecular flexibility index (Phi) is 7.81. The highest BCUT2D eigenvalue weighted by Gasteiger charge is 2.31. The molecule has 2 aromatic heterocycles. The molecule has 230 valence electrons. The number of hydrogen-bond acceptors (Lipinski definition) is 8. The van der Waals surface area contributed by atoms with Gasteiger partial charge in [0.2, 0.25) is 5.88 Å². The van der Waals surface area contributed by atoms with Crippen molar-refractivity contribution in [1.29, 1.82) is 0 Å². The number of aliphatic imine (C=N–C) groups is 1. The fraction of sp³-hybridized carbons (Fsp3) is 0.294. The summed E-state index contributed by atoms with van der Waals surface area (Å²) in [7, 11) is 1.65. The SMILES string of the molecule is COc1ccc2c(c1)CCN(C1CCN(C3=CC(C(=O)n4ccc5nc(OCc6ccccc6)ccc54)=NCN3)CC1)C(=O)N2. The average molecular weight is 606 g/mol. The molecule has 1 fully saturated rings. The number of carbonyl (C=O) groups excluding carboxylic acids is 2. The smallest absolute Gasteiger partial charge is 0.322 e. The maximum Gasteiger partial charge on any atom is 0.322 e. The van der Waals surface area contributed by atoms with E-state index in [1.165, 1.54) is 0 Å². The number of likely N-dealkylation sites (tertiary alicyclic amines) is 1. The number of nitrogens with zero attached hydrogens (tertiary/aromatic N) is 5. The van der Waals surface area contributed by atoms with Gasteiger partial charge >= 0.3 is 6.03 Å². The number of ether oxygens (including phenoxy) is 2. The Bertz CT molecular complexity index is 1790. The van der Waals surface area contributed by atoms with Crippen LogP contribution in [0.25, 0.3) is 11.0 Å². The maximum atomic E-state index is 13.6. The molecule has 0 radical (unpaired) electrons. The Balaban J connectivity index is 0.981. The average Bonchev–Trinajstić information content (AvgIpc) is 3.44. The van der Waals surface area contributed by atoms with Crippen LogP contribution in [0.15, 0.2) is 89.8 Å². The largest absolute Gasteiger partial charge is 0.497 e. The number of benzene rings is 2. The van der Waals surface area contributed by atoms with Crippen LogP contribution in [-0.2, 0) is 13.0 Å². The Morgan fingerprint density at radius 1 is 1.02 bits per heavy atom. The lowest BCUT2D eigenvalue weighted by Gasteiger charge is -2.40. The lowest BCUT2D eigenvalue weighted by atomic mass is 10.0. The molecule has 0 spiro atoms. The molecule has 0 atom stereocenters. The summed E-state index contributed by atoms with van der Waals surface area (Å²) in [5.74, 6) is 1.96. The van der Waals surface area contributed by atoms with E-state index < -0.39 is 0 Å². The fourth-order valence-electron chi connectivity index (χ4n) is 6.20. The number of pyridine rings is 1. The molecule has 11 heteroatoms. The first kappa shape index (κ1) is 28.5. The normalized spacial score (nSPS) is 17.0. The van der Waals surface area contributed by atoms with Crippen LogP contribution in [0.2, 0.25) is 0 Å². The van der Waals surface area contributed by atoms with Gasteiger partial charge in [0, 0.05) is 49.7 Å². The molecule has 3 aliphatic heterocycles. The molecular formula is C34H35N7O4. The molecule has 7 rings (SSSR count). The van der Waals surface area contributed by atoms with Gasteiger partial charge in [0.05, 0.1) is 18.1 Å². The summed E-state index contributed by atoms with van der Waals surface area (Å²) >= 11 is 0. The molecule has 0 bridgehead atoms. The van der Waals surface area contributed by atoms with Crippen LogP contribution in [0.5, 0.6) is 11.6 Å². The first-order valence-electron chi connectivity index (χ1n) is 15.2. The predicted molar refractivity (Wildman–Crippen MR) is 172 cm³/mol. The van der Waals surface area contributed by atoms with Crippen molar-refractivity contribution in [2.45, 2.75) is 31.9 Å². The van der Waals surface area contributed by atoms with E-state index in [1.54, 1.807) is 23.9 Å². The summed E-state index contributed by atoms with van der Waals surface area (Å²) in [5, 5.41) is 6.41. The van der Waals surface area contributed by atoms with Crippen LogP contribution in [0.3, 0.4) is 0 Å². The van der Waals surface area contributed by atoms with E-state index in [0.29, 0.717) is 42.4 Å². The Morgan fingerprint density at radius 3 is 2.69 bits per heavy atom. The Hall–Kier alpha value is -5.32. The summed E-state index contributed by atoms with van der Waals surface area (Å²) < 4.78 is 12.8. The molecule has 3 aliphatic rings. The van der Waals surface area contributed by atoms with Crippen molar-refractivity contribution >= 4 is 34.4 Å². The highest BCUT2D eigenvalue weighted by atomic mass is 16.5. The molecule has 4 aromatic rings. The van der Waals surface area contributed by atoms with Crippen LogP contribution in [-0.4, -0.2) is 76.5 Å². The highest BCUT2D eigenvalue weighted by molar-refractivity contribution is 6.45. The number of fused-ring (bicyclic) bond motifs is 2. The standard InChI is InChI=1S/C34H35N7O4/c1-44-26-7-8-27-24(19-26)11-17-40(34(43)38-27)25-12-15-39(16-13-25)31-20-29(35-22-36-31)33(42)41-18-14-28-30(41)9-10-32(37-28)45-21-23-5-3-2-4-6-23/h2-10,14,18-20,25,36H,11-13,15-17,21-22H2,1H3,(H,38,43). The van der Waals surface area contributed by atoms with Gasteiger partial charge in [-0.25, -0.2) is 9.78 Å².